The Morgan fingerprint density at radius 2 is 1.76 bits per heavy atom. The summed E-state index contributed by atoms with van der Waals surface area (Å²) < 4.78 is 10.0. The lowest BCUT2D eigenvalue weighted by Gasteiger charge is -2.23. The van der Waals surface area contributed by atoms with Crippen LogP contribution in [0.1, 0.15) is 32.4 Å². The fraction of sp³-hybridized carbons (Fsp3) is 0.467. The van der Waals surface area contributed by atoms with E-state index in [1.807, 2.05) is 0 Å². The van der Waals surface area contributed by atoms with Crippen molar-refractivity contribution in [2.24, 2.45) is 0 Å². The van der Waals surface area contributed by atoms with Gasteiger partial charge in [-0.25, -0.2) is 4.79 Å². The summed E-state index contributed by atoms with van der Waals surface area (Å²) >= 11 is 0. The average molecular weight is 295 g/mol. The Hall–Kier alpha value is -2.08. The first-order valence-corrected chi connectivity index (χ1v) is 6.64. The lowest BCUT2D eigenvalue weighted by Crippen LogP contribution is -2.41. The molecule has 0 aliphatic carbocycles. The van der Waals surface area contributed by atoms with Crippen LogP contribution in [0.2, 0.25) is 0 Å². The fourth-order valence-corrected chi connectivity index (χ4v) is 1.81. The second-order valence-corrected chi connectivity index (χ2v) is 4.88. The third kappa shape index (κ3) is 5.07. The molecule has 0 bridgehead atoms. The highest BCUT2D eigenvalue weighted by atomic mass is 16.6. The van der Waals surface area contributed by atoms with Gasteiger partial charge in [-0.05, 0) is 31.5 Å². The first-order valence-electron chi connectivity index (χ1n) is 6.64. The van der Waals surface area contributed by atoms with Crippen LogP contribution in [0.5, 0.6) is 5.75 Å². The SMILES string of the molecule is COc1ccc([C@H](NC(C)=O)[C@@H](O)C(=O)OC(C)C)cc1. The van der Waals surface area contributed by atoms with Crippen LogP contribution in [0.3, 0.4) is 0 Å². The van der Waals surface area contributed by atoms with E-state index >= 15 is 0 Å². The number of methoxy groups -OCH3 is 1. The highest BCUT2D eigenvalue weighted by Gasteiger charge is 2.30. The van der Waals surface area contributed by atoms with Gasteiger partial charge in [-0.1, -0.05) is 12.1 Å². The molecule has 21 heavy (non-hydrogen) atoms. The molecule has 0 aromatic heterocycles. The van der Waals surface area contributed by atoms with E-state index in [2.05, 4.69) is 5.32 Å². The van der Waals surface area contributed by atoms with Crippen molar-refractivity contribution < 1.29 is 24.2 Å². The summed E-state index contributed by atoms with van der Waals surface area (Å²) in [5.74, 6) is -0.494. The highest BCUT2D eigenvalue weighted by molar-refractivity contribution is 5.79. The normalized spacial score (nSPS) is 13.4. The molecule has 1 rings (SSSR count). The number of rotatable bonds is 6. The molecule has 2 atom stereocenters. The number of hydrogen-bond donors (Lipinski definition) is 2. The summed E-state index contributed by atoms with van der Waals surface area (Å²) in [6.45, 7) is 4.69. The smallest absolute Gasteiger partial charge is 0.337 e. The number of carbonyl (C=O) groups is 2. The fourth-order valence-electron chi connectivity index (χ4n) is 1.81. The molecule has 0 saturated carbocycles. The Bertz CT molecular complexity index is 483. The zero-order chi connectivity index (χ0) is 16.0. The molecule has 0 aliphatic rings. The van der Waals surface area contributed by atoms with Crippen molar-refractivity contribution in [3.63, 3.8) is 0 Å². The van der Waals surface area contributed by atoms with Crippen LogP contribution in [0.15, 0.2) is 24.3 Å². The second-order valence-electron chi connectivity index (χ2n) is 4.88. The molecule has 0 fully saturated rings. The van der Waals surface area contributed by atoms with Crippen LogP contribution >= 0.6 is 0 Å². The Morgan fingerprint density at radius 3 is 2.19 bits per heavy atom. The first kappa shape index (κ1) is 17.0. The largest absolute Gasteiger partial charge is 0.497 e. The average Bonchev–Trinajstić information content (AvgIpc) is 2.43. The monoisotopic (exact) mass is 295 g/mol. The maximum atomic E-state index is 11.8. The zero-order valence-corrected chi connectivity index (χ0v) is 12.6. The molecule has 2 N–H and O–H groups in total. The van der Waals surface area contributed by atoms with Crippen LogP contribution in [0, 0.1) is 0 Å². The lowest BCUT2D eigenvalue weighted by molar-refractivity contribution is -0.159. The molecule has 6 nitrogen and oxygen atoms in total. The van der Waals surface area contributed by atoms with E-state index in [-0.39, 0.29) is 12.0 Å². The van der Waals surface area contributed by atoms with Gasteiger partial charge in [0.2, 0.25) is 5.91 Å². The molecule has 0 spiro atoms. The topological polar surface area (TPSA) is 84.9 Å². The minimum absolute atomic E-state index is 0.346. The van der Waals surface area contributed by atoms with E-state index in [0.29, 0.717) is 11.3 Å². The summed E-state index contributed by atoms with van der Waals surface area (Å²) in [5, 5.41) is 12.7. The minimum atomic E-state index is -1.48. The van der Waals surface area contributed by atoms with Crippen molar-refractivity contribution in [3.05, 3.63) is 29.8 Å². The molecule has 1 aromatic rings. The molecule has 0 unspecified atom stereocenters. The number of aliphatic hydroxyl groups excluding tert-OH is 1. The molecule has 1 amide bonds. The summed E-state index contributed by atoms with van der Waals surface area (Å²) in [5.41, 5.74) is 0.583. The standard InChI is InChI=1S/C15H21NO5/c1-9(2)21-15(19)14(18)13(16-10(3)17)11-5-7-12(20-4)8-6-11/h5-9,13-14,18H,1-4H3,(H,16,17)/t13-,14+/m0/s1. The third-order valence-electron chi connectivity index (χ3n) is 2.74. The molecule has 6 heteroatoms. The van der Waals surface area contributed by atoms with Crippen molar-refractivity contribution >= 4 is 11.9 Å². The van der Waals surface area contributed by atoms with Crippen molar-refractivity contribution in [2.75, 3.05) is 7.11 Å². The Balaban J connectivity index is 2.97. The molecule has 1 aromatic carbocycles. The van der Waals surface area contributed by atoms with Gasteiger partial charge in [0.15, 0.2) is 6.10 Å². The molecule has 0 heterocycles. The van der Waals surface area contributed by atoms with Gasteiger partial charge in [0, 0.05) is 6.92 Å². The van der Waals surface area contributed by atoms with E-state index in [4.69, 9.17) is 9.47 Å². The highest BCUT2D eigenvalue weighted by Crippen LogP contribution is 2.21. The van der Waals surface area contributed by atoms with Crippen LogP contribution < -0.4 is 10.1 Å². The van der Waals surface area contributed by atoms with Crippen molar-refractivity contribution in [2.45, 2.75) is 39.0 Å². The van der Waals surface area contributed by atoms with Crippen LogP contribution in [-0.2, 0) is 14.3 Å². The lowest BCUT2D eigenvalue weighted by atomic mass is 10.0. The van der Waals surface area contributed by atoms with Gasteiger partial charge in [0.25, 0.3) is 0 Å². The number of hydrogen-bond acceptors (Lipinski definition) is 5. The van der Waals surface area contributed by atoms with Gasteiger partial charge in [0.05, 0.1) is 19.3 Å². The van der Waals surface area contributed by atoms with Crippen LogP contribution in [0.25, 0.3) is 0 Å². The number of benzene rings is 1. The van der Waals surface area contributed by atoms with Gasteiger partial charge in [-0.15, -0.1) is 0 Å². The van der Waals surface area contributed by atoms with Gasteiger partial charge < -0.3 is 19.9 Å². The summed E-state index contributed by atoms with van der Waals surface area (Å²) in [6, 6.07) is 5.84. The van der Waals surface area contributed by atoms with Gasteiger partial charge in [-0.3, -0.25) is 4.79 Å². The first-order chi connectivity index (χ1) is 9.85. The van der Waals surface area contributed by atoms with Crippen molar-refractivity contribution in [1.29, 1.82) is 0 Å². The second kappa shape index (κ2) is 7.64. The quantitative estimate of drug-likeness (QED) is 0.770. The number of esters is 1. The summed E-state index contributed by atoms with van der Waals surface area (Å²) in [7, 11) is 1.54. The van der Waals surface area contributed by atoms with Crippen molar-refractivity contribution in [3.8, 4) is 5.75 Å². The van der Waals surface area contributed by atoms with Crippen LogP contribution in [0.4, 0.5) is 0 Å². The molecule has 0 radical (unpaired) electrons. The predicted molar refractivity (Wildman–Crippen MR) is 76.8 cm³/mol. The maximum absolute atomic E-state index is 11.8. The molecule has 0 saturated heterocycles. The molecule has 0 aliphatic heterocycles. The molecular formula is C15H21NO5. The van der Waals surface area contributed by atoms with E-state index in [1.54, 1.807) is 38.1 Å². The summed E-state index contributed by atoms with van der Waals surface area (Å²) in [4.78, 5) is 23.1. The zero-order valence-electron chi connectivity index (χ0n) is 12.6. The molecular weight excluding hydrogens is 274 g/mol. The molecule has 116 valence electrons. The number of aliphatic hydroxyl groups is 1. The van der Waals surface area contributed by atoms with Gasteiger partial charge in [0.1, 0.15) is 5.75 Å². The maximum Gasteiger partial charge on any atom is 0.337 e. The number of amides is 1. The predicted octanol–water partition coefficient (Wildman–Crippen LogP) is 1.18. The van der Waals surface area contributed by atoms with E-state index in [0.717, 1.165) is 0 Å². The van der Waals surface area contributed by atoms with Crippen LogP contribution in [-0.4, -0.2) is 36.3 Å². The van der Waals surface area contributed by atoms with Gasteiger partial charge in [-0.2, -0.15) is 0 Å². The number of nitrogens with one attached hydrogen (secondary N) is 1. The Morgan fingerprint density at radius 1 is 1.19 bits per heavy atom. The third-order valence-corrected chi connectivity index (χ3v) is 2.74. The Kier molecular flexibility index (Phi) is 6.17. The number of ether oxygens (including phenoxy) is 2. The van der Waals surface area contributed by atoms with E-state index in [1.165, 1.54) is 14.0 Å². The van der Waals surface area contributed by atoms with E-state index < -0.39 is 18.1 Å². The summed E-state index contributed by atoms with van der Waals surface area (Å²) in [6.07, 6.45) is -1.83. The Labute approximate surface area is 124 Å². The van der Waals surface area contributed by atoms with E-state index in [9.17, 15) is 14.7 Å². The van der Waals surface area contributed by atoms with Gasteiger partial charge >= 0.3 is 5.97 Å². The minimum Gasteiger partial charge on any atom is -0.497 e. The number of carbonyl (C=O) groups excluding carboxylic acids is 2. The van der Waals surface area contributed by atoms with Crippen molar-refractivity contribution in [1.82, 2.24) is 5.32 Å².